The van der Waals surface area contributed by atoms with Gasteiger partial charge >= 0.3 is 0 Å². The van der Waals surface area contributed by atoms with Gasteiger partial charge in [-0.1, -0.05) is 6.92 Å². The number of nitrogens with two attached hydrogens (primary N) is 1. The van der Waals surface area contributed by atoms with E-state index in [1.165, 1.54) is 5.75 Å². The molecule has 1 aliphatic heterocycles. The SMILES string of the molecule is CCSCCC(C)Nc1cc2c(cc1N)OCCO2. The highest BCUT2D eigenvalue weighted by Crippen LogP contribution is 2.37. The maximum atomic E-state index is 6.04. The molecular weight excluding hydrogens is 260 g/mol. The molecule has 0 aromatic heterocycles. The number of fused-ring (bicyclic) bond motifs is 1. The molecule has 0 spiro atoms. The third-order valence-corrected chi connectivity index (χ3v) is 3.95. The maximum Gasteiger partial charge on any atom is 0.163 e. The monoisotopic (exact) mass is 282 g/mol. The summed E-state index contributed by atoms with van der Waals surface area (Å²) in [5.74, 6) is 3.84. The van der Waals surface area contributed by atoms with Gasteiger partial charge < -0.3 is 20.5 Å². The fraction of sp³-hybridized carbons (Fsp3) is 0.571. The van der Waals surface area contributed by atoms with Gasteiger partial charge in [0.25, 0.3) is 0 Å². The Morgan fingerprint density at radius 1 is 1.32 bits per heavy atom. The topological polar surface area (TPSA) is 56.5 Å². The fourth-order valence-electron chi connectivity index (χ4n) is 1.97. The van der Waals surface area contributed by atoms with Crippen LogP contribution in [0.25, 0.3) is 0 Å². The van der Waals surface area contributed by atoms with Gasteiger partial charge in [-0.15, -0.1) is 0 Å². The summed E-state index contributed by atoms with van der Waals surface area (Å²) < 4.78 is 11.1. The average molecular weight is 282 g/mol. The molecule has 0 aliphatic carbocycles. The van der Waals surface area contributed by atoms with E-state index in [4.69, 9.17) is 15.2 Å². The van der Waals surface area contributed by atoms with Crippen LogP contribution in [0.2, 0.25) is 0 Å². The molecule has 1 aromatic carbocycles. The van der Waals surface area contributed by atoms with E-state index in [9.17, 15) is 0 Å². The van der Waals surface area contributed by atoms with Crippen LogP contribution < -0.4 is 20.5 Å². The minimum Gasteiger partial charge on any atom is -0.486 e. The van der Waals surface area contributed by atoms with Crippen LogP contribution in [0, 0.1) is 0 Å². The van der Waals surface area contributed by atoms with E-state index >= 15 is 0 Å². The lowest BCUT2D eigenvalue weighted by Gasteiger charge is -2.22. The first kappa shape index (κ1) is 14.2. The highest BCUT2D eigenvalue weighted by Gasteiger charge is 2.15. The predicted octanol–water partition coefficient (Wildman–Crippen LogP) is 2.98. The van der Waals surface area contributed by atoms with Crippen molar-refractivity contribution in [2.75, 3.05) is 35.8 Å². The van der Waals surface area contributed by atoms with Crippen LogP contribution in [0.15, 0.2) is 12.1 Å². The molecule has 1 aliphatic rings. The number of hydrogen-bond donors (Lipinski definition) is 2. The Morgan fingerprint density at radius 2 is 2.00 bits per heavy atom. The van der Waals surface area contributed by atoms with Crippen molar-refractivity contribution in [1.29, 1.82) is 0 Å². The van der Waals surface area contributed by atoms with Crippen LogP contribution >= 0.6 is 11.8 Å². The molecule has 1 unspecified atom stereocenters. The highest BCUT2D eigenvalue weighted by molar-refractivity contribution is 7.99. The molecule has 0 saturated heterocycles. The van der Waals surface area contributed by atoms with Gasteiger partial charge in [-0.05, 0) is 24.9 Å². The van der Waals surface area contributed by atoms with E-state index in [2.05, 4.69) is 19.2 Å². The molecule has 0 fully saturated rings. The van der Waals surface area contributed by atoms with Crippen LogP contribution in [0.3, 0.4) is 0 Å². The Balaban J connectivity index is 1.99. The van der Waals surface area contributed by atoms with E-state index in [0.717, 1.165) is 29.4 Å². The van der Waals surface area contributed by atoms with Gasteiger partial charge in [0.15, 0.2) is 11.5 Å². The summed E-state index contributed by atoms with van der Waals surface area (Å²) in [5, 5.41) is 3.45. The van der Waals surface area contributed by atoms with Crippen LogP contribution in [-0.2, 0) is 0 Å². The second-order valence-corrected chi connectivity index (χ2v) is 6.01. The van der Waals surface area contributed by atoms with Crippen molar-refractivity contribution in [2.45, 2.75) is 26.3 Å². The van der Waals surface area contributed by atoms with Gasteiger partial charge in [-0.25, -0.2) is 0 Å². The van der Waals surface area contributed by atoms with Gasteiger partial charge in [0.2, 0.25) is 0 Å². The molecule has 4 nitrogen and oxygen atoms in total. The summed E-state index contributed by atoms with van der Waals surface area (Å²) in [6.45, 7) is 5.54. The van der Waals surface area contributed by atoms with Crippen molar-refractivity contribution in [1.82, 2.24) is 0 Å². The van der Waals surface area contributed by atoms with Gasteiger partial charge in [0.1, 0.15) is 13.2 Å². The number of nitrogens with one attached hydrogen (secondary N) is 1. The lowest BCUT2D eigenvalue weighted by atomic mass is 10.2. The summed E-state index contributed by atoms with van der Waals surface area (Å²) in [6.07, 6.45) is 1.12. The van der Waals surface area contributed by atoms with Gasteiger partial charge in [-0.2, -0.15) is 11.8 Å². The largest absolute Gasteiger partial charge is 0.486 e. The lowest BCUT2D eigenvalue weighted by Crippen LogP contribution is -2.19. The standard InChI is InChI=1S/C14H22N2O2S/c1-3-19-7-4-10(2)16-12-9-14-13(8-11(12)15)17-5-6-18-14/h8-10,16H,3-7,15H2,1-2H3. The minimum absolute atomic E-state index is 0.393. The van der Waals surface area contributed by atoms with Crippen molar-refractivity contribution in [2.24, 2.45) is 0 Å². The summed E-state index contributed by atoms with van der Waals surface area (Å²) in [6, 6.07) is 4.17. The van der Waals surface area contributed by atoms with Gasteiger partial charge in [0, 0.05) is 18.2 Å². The Morgan fingerprint density at radius 3 is 2.68 bits per heavy atom. The number of ether oxygens (including phenoxy) is 2. The maximum absolute atomic E-state index is 6.04. The minimum atomic E-state index is 0.393. The van der Waals surface area contributed by atoms with E-state index in [1.54, 1.807) is 0 Å². The van der Waals surface area contributed by atoms with Crippen molar-refractivity contribution >= 4 is 23.1 Å². The first-order valence-electron chi connectivity index (χ1n) is 6.74. The van der Waals surface area contributed by atoms with Crippen LogP contribution in [0.1, 0.15) is 20.3 Å². The van der Waals surface area contributed by atoms with Crippen molar-refractivity contribution in [3.63, 3.8) is 0 Å². The van der Waals surface area contributed by atoms with Crippen LogP contribution in [0.5, 0.6) is 11.5 Å². The molecule has 2 rings (SSSR count). The normalized spacial score (nSPS) is 15.1. The molecule has 1 aromatic rings. The number of nitrogen functional groups attached to an aromatic ring is 1. The molecule has 5 heteroatoms. The first-order valence-corrected chi connectivity index (χ1v) is 7.89. The van der Waals surface area contributed by atoms with Crippen LogP contribution in [-0.4, -0.2) is 30.8 Å². The van der Waals surface area contributed by atoms with E-state index in [0.29, 0.717) is 24.9 Å². The van der Waals surface area contributed by atoms with E-state index < -0.39 is 0 Å². The zero-order valence-electron chi connectivity index (χ0n) is 11.6. The second-order valence-electron chi connectivity index (χ2n) is 4.61. The zero-order valence-corrected chi connectivity index (χ0v) is 12.4. The van der Waals surface area contributed by atoms with Crippen molar-refractivity contribution < 1.29 is 9.47 Å². The van der Waals surface area contributed by atoms with E-state index in [-0.39, 0.29) is 0 Å². The molecule has 0 bridgehead atoms. The molecule has 1 heterocycles. The molecule has 3 N–H and O–H groups in total. The second kappa shape index (κ2) is 6.80. The summed E-state index contributed by atoms with van der Waals surface area (Å²) in [5.41, 5.74) is 7.68. The summed E-state index contributed by atoms with van der Waals surface area (Å²) >= 11 is 1.96. The Bertz CT molecular complexity index is 426. The zero-order chi connectivity index (χ0) is 13.7. The molecule has 1 atom stereocenters. The lowest BCUT2D eigenvalue weighted by molar-refractivity contribution is 0.172. The molecule has 0 saturated carbocycles. The molecule has 0 amide bonds. The fourth-order valence-corrected chi connectivity index (χ4v) is 2.78. The van der Waals surface area contributed by atoms with E-state index in [1.807, 2.05) is 23.9 Å². The smallest absolute Gasteiger partial charge is 0.163 e. The van der Waals surface area contributed by atoms with Crippen molar-refractivity contribution in [3.05, 3.63) is 12.1 Å². The number of hydrogen-bond acceptors (Lipinski definition) is 5. The quantitative estimate of drug-likeness (QED) is 0.620. The number of rotatable bonds is 6. The van der Waals surface area contributed by atoms with Crippen LogP contribution in [0.4, 0.5) is 11.4 Å². The Labute approximate surface area is 119 Å². The summed E-state index contributed by atoms with van der Waals surface area (Å²) in [7, 11) is 0. The predicted molar refractivity (Wildman–Crippen MR) is 82.5 cm³/mol. The molecule has 0 radical (unpaired) electrons. The van der Waals surface area contributed by atoms with Gasteiger partial charge in [-0.3, -0.25) is 0 Å². The van der Waals surface area contributed by atoms with Gasteiger partial charge in [0.05, 0.1) is 11.4 Å². The Hall–Kier alpha value is -1.23. The third kappa shape index (κ3) is 3.86. The number of anilines is 2. The number of benzene rings is 1. The first-order chi connectivity index (χ1) is 9.20. The van der Waals surface area contributed by atoms with Crippen molar-refractivity contribution in [3.8, 4) is 11.5 Å². The third-order valence-electron chi connectivity index (χ3n) is 3.02. The average Bonchev–Trinajstić information content (AvgIpc) is 2.40. The summed E-state index contributed by atoms with van der Waals surface area (Å²) in [4.78, 5) is 0. The molecular formula is C14H22N2O2S. The number of thioether (sulfide) groups is 1. The highest BCUT2D eigenvalue weighted by atomic mass is 32.2. The Kier molecular flexibility index (Phi) is 5.07. The molecule has 106 valence electrons. The molecule has 19 heavy (non-hydrogen) atoms.